The van der Waals surface area contributed by atoms with E-state index in [0.29, 0.717) is 3.43 Å². The third kappa shape index (κ3) is 54.3. The first-order chi connectivity index (χ1) is 4.91. The Hall–Kier alpha value is 1.14. The molecule has 0 aromatic rings. The van der Waals surface area contributed by atoms with Gasteiger partial charge in [0, 0.05) is 0 Å². The summed E-state index contributed by atoms with van der Waals surface area (Å²) in [5.41, 5.74) is 0. The first kappa shape index (κ1) is 14.7. The average Bonchev–Trinajstić information content (AvgIpc) is 1.79. The minimum atomic E-state index is 0.630. The predicted molar refractivity (Wildman–Crippen MR) is 54.8 cm³/mol. The van der Waals surface area contributed by atoms with E-state index in [-0.39, 0.29) is 0 Å². The van der Waals surface area contributed by atoms with Crippen LogP contribution in [0.25, 0.3) is 0 Å². The van der Waals surface area contributed by atoms with Gasteiger partial charge in [-0.2, -0.15) is 0 Å². The van der Waals surface area contributed by atoms with Crippen molar-refractivity contribution >= 4 is 45.0 Å². The van der Waals surface area contributed by atoms with Crippen LogP contribution in [0.15, 0.2) is 10.4 Å². The van der Waals surface area contributed by atoms with Gasteiger partial charge in [-0.25, -0.2) is 0 Å². The maximum atomic E-state index is 4.83. The molecule has 0 rings (SSSR count). The summed E-state index contributed by atoms with van der Waals surface area (Å²) in [6.45, 7) is 9.50. The molecule has 11 heavy (non-hydrogen) atoms. The van der Waals surface area contributed by atoms with E-state index in [1.165, 1.54) is 22.5 Å². The second-order valence-corrected chi connectivity index (χ2v) is 9.19. The summed E-state index contributed by atoms with van der Waals surface area (Å²) in [4.78, 5) is 0. The Bertz CT molecular complexity index is 88.8. The van der Waals surface area contributed by atoms with Crippen LogP contribution in [0.2, 0.25) is 3.43 Å². The Morgan fingerprint density at radius 2 is 1.73 bits per heavy atom. The van der Waals surface area contributed by atoms with Crippen molar-refractivity contribution in [3.8, 4) is 0 Å². The Kier molecular flexibility index (Phi) is 12.3. The van der Waals surface area contributed by atoms with Gasteiger partial charge in [-0.3, -0.25) is 0 Å². The van der Waals surface area contributed by atoms with Gasteiger partial charge in [0.25, 0.3) is 0 Å². The number of rotatable bonds is 2. The van der Waals surface area contributed by atoms with E-state index in [0.717, 1.165) is 29.1 Å². The standard InChI is InChI=1S/C4H7O.C4H9.2Sn.2H/c1-3-5-4-2;1-4(2)3;;;;/h1,3H,4H2,2H3;1-3H3;;;;. The summed E-state index contributed by atoms with van der Waals surface area (Å²) >= 11 is 2.51. The molecule has 0 saturated heterocycles. The maximum absolute atomic E-state index is 4.83. The fraction of sp³-hybridized carbons (Fsp3) is 0.750. The van der Waals surface area contributed by atoms with E-state index < -0.39 is 0 Å². The molecule has 0 amide bonds. The van der Waals surface area contributed by atoms with Gasteiger partial charge in [0.1, 0.15) is 0 Å². The van der Waals surface area contributed by atoms with Crippen LogP contribution in [-0.2, 0) is 4.74 Å². The Balaban J connectivity index is 0. The van der Waals surface area contributed by atoms with E-state index in [9.17, 15) is 0 Å². The van der Waals surface area contributed by atoms with Gasteiger partial charge in [0.15, 0.2) is 0 Å². The topological polar surface area (TPSA) is 9.23 Å². The van der Waals surface area contributed by atoms with Crippen LogP contribution in [0, 0.1) is 0 Å². The number of hydrogen-bond donors (Lipinski definition) is 0. The molecule has 0 aliphatic rings. The minimum absolute atomic E-state index is 0.630. The van der Waals surface area contributed by atoms with Gasteiger partial charge in [0.2, 0.25) is 0 Å². The molecule has 0 bridgehead atoms. The molecular formula is C8H18OSn2. The fourth-order valence-corrected chi connectivity index (χ4v) is 0.469. The van der Waals surface area contributed by atoms with Gasteiger partial charge in [-0.15, -0.1) is 0 Å². The van der Waals surface area contributed by atoms with Crippen LogP contribution in [0.4, 0.5) is 0 Å². The van der Waals surface area contributed by atoms with E-state index >= 15 is 0 Å². The molecule has 64 valence electrons. The van der Waals surface area contributed by atoms with Crippen molar-refractivity contribution in [1.29, 1.82) is 0 Å². The monoisotopic (exact) mass is 370 g/mol. The van der Waals surface area contributed by atoms with Crippen molar-refractivity contribution in [1.82, 2.24) is 0 Å². The predicted octanol–water partition coefficient (Wildman–Crippen LogP) is 1.50. The zero-order valence-electron chi connectivity index (χ0n) is 7.92. The second-order valence-electron chi connectivity index (χ2n) is 3.15. The van der Waals surface area contributed by atoms with Crippen LogP contribution >= 0.6 is 0 Å². The molecule has 1 nitrogen and oxygen atoms in total. The summed E-state index contributed by atoms with van der Waals surface area (Å²) in [7, 11) is 0. The third-order valence-electron chi connectivity index (χ3n) is 0.341. The molecule has 0 saturated carbocycles. The average molecular weight is 368 g/mol. The molecule has 0 aromatic carbocycles. The number of ether oxygens (including phenoxy) is 1. The normalized spacial score (nSPS) is 10.7. The summed E-state index contributed by atoms with van der Waals surface area (Å²) < 4.78 is 7.46. The van der Waals surface area contributed by atoms with Gasteiger partial charge < -0.3 is 0 Å². The first-order valence-electron chi connectivity index (χ1n) is 3.69. The van der Waals surface area contributed by atoms with Crippen LogP contribution < -0.4 is 0 Å². The van der Waals surface area contributed by atoms with Gasteiger partial charge in [-0.1, -0.05) is 0 Å². The fourth-order valence-electron chi connectivity index (χ4n) is 0.152. The van der Waals surface area contributed by atoms with Gasteiger partial charge in [-0.05, 0) is 0 Å². The zero-order chi connectivity index (χ0) is 9.33. The summed E-state index contributed by atoms with van der Waals surface area (Å²) in [5, 5.41) is 0. The Morgan fingerprint density at radius 1 is 1.36 bits per heavy atom. The quantitative estimate of drug-likeness (QED) is 0.531. The van der Waals surface area contributed by atoms with Gasteiger partial charge in [0.05, 0.1) is 0 Å². The summed E-state index contributed by atoms with van der Waals surface area (Å²) in [5.74, 6) is 0. The molecule has 0 N–H and O–H groups in total. The Labute approximate surface area is 97.1 Å². The third-order valence-corrected chi connectivity index (χ3v) is 0.790. The summed E-state index contributed by atoms with van der Waals surface area (Å²) in [6, 6.07) is 0. The Morgan fingerprint density at radius 3 is 1.82 bits per heavy atom. The molecule has 0 spiro atoms. The van der Waals surface area contributed by atoms with Crippen molar-refractivity contribution in [3.63, 3.8) is 0 Å². The van der Waals surface area contributed by atoms with E-state index in [4.69, 9.17) is 4.74 Å². The van der Waals surface area contributed by atoms with Crippen molar-refractivity contribution in [2.24, 2.45) is 0 Å². The zero-order valence-corrected chi connectivity index (χ0v) is 14.5. The van der Waals surface area contributed by atoms with Crippen LogP contribution in [-0.4, -0.2) is 51.7 Å². The van der Waals surface area contributed by atoms with Gasteiger partial charge >= 0.3 is 97.9 Å². The SMILES string of the molecule is CCOC=[CH][SnH].C[C](C)(C)[SnH]. The molecule has 0 heterocycles. The molecule has 0 aliphatic carbocycles. The molecule has 0 aliphatic heterocycles. The van der Waals surface area contributed by atoms with E-state index in [1.54, 1.807) is 6.26 Å². The van der Waals surface area contributed by atoms with Crippen molar-refractivity contribution < 1.29 is 4.74 Å². The van der Waals surface area contributed by atoms with Crippen molar-refractivity contribution in [2.75, 3.05) is 6.61 Å². The molecule has 0 atom stereocenters. The molecule has 3 heteroatoms. The molecule has 0 aromatic heterocycles. The molecular weight excluding hydrogens is 350 g/mol. The number of hydrogen-bond acceptors (Lipinski definition) is 1. The second kappa shape index (κ2) is 9.23. The van der Waals surface area contributed by atoms with E-state index in [2.05, 4.69) is 20.8 Å². The molecule has 0 unspecified atom stereocenters. The molecule has 4 radical (unpaired) electrons. The first-order valence-corrected chi connectivity index (χ1v) is 7.24. The van der Waals surface area contributed by atoms with E-state index in [1.807, 2.05) is 11.0 Å². The molecule has 0 fully saturated rings. The summed E-state index contributed by atoms with van der Waals surface area (Å²) in [6.07, 6.45) is 1.74. The van der Waals surface area contributed by atoms with Crippen LogP contribution in [0.1, 0.15) is 27.7 Å². The van der Waals surface area contributed by atoms with Crippen LogP contribution in [0.3, 0.4) is 0 Å². The van der Waals surface area contributed by atoms with Crippen LogP contribution in [0.5, 0.6) is 0 Å². The van der Waals surface area contributed by atoms with Crippen molar-refractivity contribution in [2.45, 2.75) is 31.1 Å². The van der Waals surface area contributed by atoms with Crippen molar-refractivity contribution in [3.05, 3.63) is 10.4 Å².